The number of nitrogens with one attached hydrogen (secondary N) is 1. The van der Waals surface area contributed by atoms with E-state index in [1.807, 2.05) is 10.8 Å². The van der Waals surface area contributed by atoms with Gasteiger partial charge in [-0.25, -0.2) is 13.1 Å². The monoisotopic (exact) mass is 429 g/mol. The van der Waals surface area contributed by atoms with Crippen LogP contribution in [0.4, 0.5) is 5.69 Å². The molecule has 0 aliphatic heterocycles. The minimum absolute atomic E-state index is 0.0688. The third kappa shape index (κ3) is 6.73. The summed E-state index contributed by atoms with van der Waals surface area (Å²) >= 11 is 0. The van der Waals surface area contributed by atoms with Crippen LogP contribution >= 0.6 is 0 Å². The molecule has 0 radical (unpaired) electrons. The Labute approximate surface area is 177 Å². The van der Waals surface area contributed by atoms with Crippen LogP contribution in [0.5, 0.6) is 0 Å². The number of rotatable bonds is 9. The number of nitrogens with two attached hydrogens (primary N) is 1. The first-order valence-electron chi connectivity index (χ1n) is 9.68. The van der Waals surface area contributed by atoms with Crippen molar-refractivity contribution in [3.63, 3.8) is 0 Å². The lowest BCUT2D eigenvalue weighted by atomic mass is 9.97. The van der Waals surface area contributed by atoms with Gasteiger partial charge in [-0.15, -0.1) is 0 Å². The number of sulfonamides is 1. The van der Waals surface area contributed by atoms with E-state index in [9.17, 15) is 18.0 Å². The molecule has 1 unspecified atom stereocenters. The van der Waals surface area contributed by atoms with Gasteiger partial charge in [0.25, 0.3) is 10.0 Å². The molecule has 0 aliphatic rings. The Kier molecular flexibility index (Phi) is 8.17. The Morgan fingerprint density at radius 1 is 1.03 bits per heavy atom. The van der Waals surface area contributed by atoms with Crippen LogP contribution in [0.3, 0.4) is 0 Å². The number of carbonyl (C=O) groups excluding carboxylic acids is 2. The molecule has 1 atom stereocenters. The zero-order chi connectivity index (χ0) is 22.1. The largest absolute Gasteiger partial charge is 0.399 e. The highest BCUT2D eigenvalue weighted by Gasteiger charge is 2.31. The predicted octanol–water partition coefficient (Wildman–Crippen LogP) is 2.41. The summed E-state index contributed by atoms with van der Waals surface area (Å²) in [4.78, 5) is 27.2. The predicted molar refractivity (Wildman–Crippen MR) is 119 cm³/mol. The molecule has 2 rings (SSSR count). The minimum Gasteiger partial charge on any atom is -0.399 e. The van der Waals surface area contributed by atoms with E-state index in [4.69, 9.17) is 5.73 Å². The molecule has 0 saturated carbocycles. The summed E-state index contributed by atoms with van der Waals surface area (Å²) in [5.74, 6) is -2.45. The molecule has 3 N–H and O–H groups in total. The van der Waals surface area contributed by atoms with Gasteiger partial charge >= 0.3 is 0 Å². The van der Waals surface area contributed by atoms with Crippen LogP contribution in [-0.2, 0) is 26.0 Å². The second-order valence-corrected chi connectivity index (χ2v) is 8.30. The lowest BCUT2D eigenvalue weighted by molar-refractivity contribution is -0.141. The maximum Gasteiger partial charge on any atom is 0.257 e. The van der Waals surface area contributed by atoms with Crippen molar-refractivity contribution in [1.29, 1.82) is 0 Å². The van der Waals surface area contributed by atoms with Gasteiger partial charge in [-0.05, 0) is 49.6 Å². The summed E-state index contributed by atoms with van der Waals surface area (Å²) in [5.41, 5.74) is 7.63. The lowest BCUT2D eigenvalue weighted by Crippen LogP contribution is -2.45. The number of anilines is 1. The zero-order valence-electron chi connectivity index (χ0n) is 17.1. The smallest absolute Gasteiger partial charge is 0.257 e. The minimum atomic E-state index is -4.07. The molecule has 0 aromatic heterocycles. The van der Waals surface area contributed by atoms with Crippen LogP contribution in [0.1, 0.15) is 25.0 Å². The SMILES string of the molecule is CCN(CC)C(=O)C(Cc1ccc(N)cc1)C(=O)NS(=O)(=O)/C=C/c1ccccc1. The number of benzene rings is 2. The second-order valence-electron chi connectivity index (χ2n) is 6.73. The van der Waals surface area contributed by atoms with Gasteiger partial charge in [0.05, 0.1) is 5.41 Å². The average molecular weight is 430 g/mol. The highest BCUT2D eigenvalue weighted by molar-refractivity contribution is 7.93. The molecule has 0 heterocycles. The molecule has 8 heteroatoms. The topological polar surface area (TPSA) is 110 Å². The molecule has 0 aliphatic carbocycles. The van der Waals surface area contributed by atoms with Crippen molar-refractivity contribution in [2.75, 3.05) is 18.8 Å². The van der Waals surface area contributed by atoms with Gasteiger partial charge in [-0.2, -0.15) is 0 Å². The van der Waals surface area contributed by atoms with Gasteiger partial charge in [-0.1, -0.05) is 42.5 Å². The fourth-order valence-electron chi connectivity index (χ4n) is 2.91. The molecular weight excluding hydrogens is 402 g/mol. The molecule has 0 spiro atoms. The highest BCUT2D eigenvalue weighted by Crippen LogP contribution is 2.15. The maximum atomic E-state index is 12.9. The summed E-state index contributed by atoms with van der Waals surface area (Å²) in [6.07, 6.45) is 1.45. The van der Waals surface area contributed by atoms with Gasteiger partial charge < -0.3 is 10.6 Å². The number of hydrogen-bond donors (Lipinski definition) is 2. The molecule has 2 aromatic rings. The van der Waals surface area contributed by atoms with E-state index in [0.29, 0.717) is 29.9 Å². The van der Waals surface area contributed by atoms with Crippen molar-refractivity contribution in [2.45, 2.75) is 20.3 Å². The van der Waals surface area contributed by atoms with Crippen molar-refractivity contribution >= 4 is 33.6 Å². The third-order valence-electron chi connectivity index (χ3n) is 4.59. The highest BCUT2D eigenvalue weighted by atomic mass is 32.2. The standard InChI is InChI=1S/C22H27N3O4S/c1-3-25(4-2)22(27)20(16-18-10-12-19(23)13-11-18)21(26)24-30(28,29)15-14-17-8-6-5-7-9-17/h5-15,20H,3-4,16,23H2,1-2H3,(H,24,26)/b15-14+. The zero-order valence-corrected chi connectivity index (χ0v) is 17.9. The van der Waals surface area contributed by atoms with Crippen molar-refractivity contribution in [2.24, 2.45) is 5.92 Å². The Hall–Kier alpha value is -3.13. The Balaban J connectivity index is 2.23. The summed E-state index contributed by atoms with van der Waals surface area (Å²) in [7, 11) is -4.07. The first-order chi connectivity index (χ1) is 14.3. The first-order valence-corrected chi connectivity index (χ1v) is 11.2. The van der Waals surface area contributed by atoms with E-state index in [1.54, 1.807) is 62.4 Å². The number of amides is 2. The van der Waals surface area contributed by atoms with Gasteiger partial charge in [0.15, 0.2) is 0 Å². The second kappa shape index (κ2) is 10.6. The van der Waals surface area contributed by atoms with Crippen LogP contribution in [0.2, 0.25) is 0 Å². The van der Waals surface area contributed by atoms with Crippen LogP contribution in [-0.4, -0.2) is 38.2 Å². The molecule has 2 amide bonds. The van der Waals surface area contributed by atoms with Gasteiger partial charge in [-0.3, -0.25) is 9.59 Å². The molecule has 2 aromatic carbocycles. The van der Waals surface area contributed by atoms with E-state index < -0.39 is 27.8 Å². The van der Waals surface area contributed by atoms with E-state index in [-0.39, 0.29) is 6.42 Å². The van der Waals surface area contributed by atoms with Gasteiger partial charge in [0, 0.05) is 18.8 Å². The van der Waals surface area contributed by atoms with Crippen LogP contribution in [0.15, 0.2) is 60.0 Å². The van der Waals surface area contributed by atoms with Crippen LogP contribution < -0.4 is 10.5 Å². The number of hydrogen-bond acceptors (Lipinski definition) is 5. The fraction of sp³-hybridized carbons (Fsp3) is 0.273. The molecule has 7 nitrogen and oxygen atoms in total. The molecular formula is C22H27N3O4S. The summed E-state index contributed by atoms with van der Waals surface area (Å²) < 4.78 is 26.8. The average Bonchev–Trinajstić information content (AvgIpc) is 2.73. The third-order valence-corrected chi connectivity index (χ3v) is 5.57. The Bertz CT molecular complexity index is 983. The van der Waals surface area contributed by atoms with Crippen LogP contribution in [0, 0.1) is 5.92 Å². The normalized spacial score (nSPS) is 12.5. The van der Waals surface area contributed by atoms with Crippen molar-refractivity contribution in [3.05, 3.63) is 71.1 Å². The van der Waals surface area contributed by atoms with Gasteiger partial charge in [0.2, 0.25) is 11.8 Å². The lowest BCUT2D eigenvalue weighted by Gasteiger charge is -2.24. The summed E-state index contributed by atoms with van der Waals surface area (Å²) in [5, 5.41) is 0.919. The molecule has 0 bridgehead atoms. The Morgan fingerprint density at radius 3 is 2.20 bits per heavy atom. The van der Waals surface area contributed by atoms with E-state index in [2.05, 4.69) is 0 Å². The summed E-state index contributed by atoms with van der Waals surface area (Å²) in [6.45, 7) is 4.45. The number of carbonyl (C=O) groups is 2. The molecule has 0 fully saturated rings. The maximum absolute atomic E-state index is 12.9. The molecule has 30 heavy (non-hydrogen) atoms. The fourth-order valence-corrected chi connectivity index (χ4v) is 3.74. The van der Waals surface area contributed by atoms with Crippen molar-refractivity contribution < 1.29 is 18.0 Å². The summed E-state index contributed by atoms with van der Waals surface area (Å²) in [6, 6.07) is 15.6. The van der Waals surface area contributed by atoms with Crippen molar-refractivity contribution in [3.8, 4) is 0 Å². The number of nitrogens with zero attached hydrogens (tertiary/aromatic N) is 1. The van der Waals surface area contributed by atoms with Crippen LogP contribution in [0.25, 0.3) is 6.08 Å². The van der Waals surface area contributed by atoms with E-state index >= 15 is 0 Å². The Morgan fingerprint density at radius 2 is 1.63 bits per heavy atom. The van der Waals surface area contributed by atoms with E-state index in [0.717, 1.165) is 5.41 Å². The first kappa shape index (κ1) is 23.2. The number of nitrogen functional groups attached to an aromatic ring is 1. The van der Waals surface area contributed by atoms with E-state index in [1.165, 1.54) is 11.0 Å². The van der Waals surface area contributed by atoms with Gasteiger partial charge in [0.1, 0.15) is 5.92 Å². The quantitative estimate of drug-likeness (QED) is 0.470. The molecule has 0 saturated heterocycles. The van der Waals surface area contributed by atoms with Crippen molar-refractivity contribution in [1.82, 2.24) is 9.62 Å². The molecule has 160 valence electrons.